The van der Waals surface area contributed by atoms with Gasteiger partial charge in [0, 0.05) is 0 Å². The van der Waals surface area contributed by atoms with Crippen molar-refractivity contribution in [2.45, 2.75) is 0 Å². The van der Waals surface area contributed by atoms with Crippen LogP contribution in [0.25, 0.3) is 6.08 Å². The minimum Gasteiger partial charge on any atom is -0.445 e. The van der Waals surface area contributed by atoms with E-state index in [2.05, 4.69) is 15.9 Å². The van der Waals surface area contributed by atoms with Crippen LogP contribution in [0.3, 0.4) is 0 Å². The van der Waals surface area contributed by atoms with E-state index in [1.807, 2.05) is 0 Å². The van der Waals surface area contributed by atoms with Crippen LogP contribution in [0, 0.1) is 5.82 Å². The number of halogens is 5. The van der Waals surface area contributed by atoms with Gasteiger partial charge in [-0.1, -0.05) is 12.1 Å². The molecule has 0 fully saturated rings. The van der Waals surface area contributed by atoms with Gasteiger partial charge in [0.15, 0.2) is 0 Å². The Morgan fingerprint density at radius 2 is 1.80 bits per heavy atom. The molecule has 0 unspecified atom stereocenters. The maximum absolute atomic E-state index is 12.7. The Labute approximate surface area is 136 Å². The minimum atomic E-state index is -4.94. The number of rotatable bonds is 2. The topological polar surface area (TPSA) is 0 Å². The van der Waals surface area contributed by atoms with Crippen molar-refractivity contribution >= 4 is 29.0 Å². The van der Waals surface area contributed by atoms with Crippen molar-refractivity contribution in [3.8, 4) is 0 Å². The van der Waals surface area contributed by atoms with E-state index in [1.54, 1.807) is 0 Å². The summed E-state index contributed by atoms with van der Waals surface area (Å²) in [6.45, 7) is -4.94. The normalized spacial score (nSPS) is 11.5. The third-order valence-corrected chi connectivity index (χ3v) is 2.06. The van der Waals surface area contributed by atoms with Crippen LogP contribution in [0.1, 0.15) is 5.56 Å². The molecule has 76 valence electrons. The minimum absolute atomic E-state index is 0. The second-order valence-corrected chi connectivity index (χ2v) is 3.51. The first-order valence-electron chi connectivity index (χ1n) is 3.73. The molecule has 0 bridgehead atoms. The van der Waals surface area contributed by atoms with Crippen LogP contribution >= 0.6 is 15.9 Å². The summed E-state index contributed by atoms with van der Waals surface area (Å²) < 4.78 is 48.3. The van der Waals surface area contributed by atoms with E-state index in [0.717, 1.165) is 12.1 Å². The Kier molecular flexibility index (Phi) is 6.94. The Bertz CT molecular complexity index is 364. The zero-order valence-electron chi connectivity index (χ0n) is 7.85. The summed E-state index contributed by atoms with van der Waals surface area (Å²) in [4.78, 5) is 0. The molecule has 0 N–H and O–H groups in total. The molecule has 1 aromatic rings. The molecule has 0 atom stereocenters. The van der Waals surface area contributed by atoms with Crippen molar-refractivity contribution in [2.24, 2.45) is 0 Å². The van der Waals surface area contributed by atoms with Gasteiger partial charge >= 0.3 is 58.4 Å². The second-order valence-electron chi connectivity index (χ2n) is 2.66. The maximum atomic E-state index is 12.7. The first-order chi connectivity index (χ1) is 6.38. The zero-order valence-corrected chi connectivity index (χ0v) is 12.6. The van der Waals surface area contributed by atoms with Crippen molar-refractivity contribution in [3.05, 3.63) is 40.0 Å². The molecule has 0 spiro atoms. The van der Waals surface area contributed by atoms with Crippen LogP contribution < -0.4 is 51.4 Å². The zero-order chi connectivity index (χ0) is 10.8. The van der Waals surface area contributed by atoms with Crippen molar-refractivity contribution in [2.75, 3.05) is 0 Å². The van der Waals surface area contributed by atoms with Gasteiger partial charge < -0.3 is 12.9 Å². The number of hydrogen-bond acceptors (Lipinski definition) is 0. The van der Waals surface area contributed by atoms with Crippen LogP contribution in [0.4, 0.5) is 17.3 Å². The van der Waals surface area contributed by atoms with Gasteiger partial charge in [-0.2, -0.15) is 0 Å². The van der Waals surface area contributed by atoms with Crippen LogP contribution in [0.2, 0.25) is 0 Å². The molecule has 0 aliphatic carbocycles. The molecule has 0 amide bonds. The number of benzene rings is 1. The first kappa shape index (κ1) is 15.9. The van der Waals surface area contributed by atoms with E-state index < -0.39 is 12.8 Å². The van der Waals surface area contributed by atoms with Gasteiger partial charge in [-0.15, -0.1) is 5.98 Å². The van der Waals surface area contributed by atoms with Crippen molar-refractivity contribution in [3.63, 3.8) is 0 Å². The quantitative estimate of drug-likeness (QED) is 0.565. The molecule has 0 aromatic heterocycles. The largest absolute Gasteiger partial charge is 1.00 e. The number of hydrogen-bond donors (Lipinski definition) is 0. The van der Waals surface area contributed by atoms with Gasteiger partial charge in [0.25, 0.3) is 0 Å². The van der Waals surface area contributed by atoms with Gasteiger partial charge in [-0.05, 0) is 33.6 Å². The molecular weight excluding hydrogens is 302 g/mol. The van der Waals surface area contributed by atoms with E-state index in [0.29, 0.717) is 5.56 Å². The summed E-state index contributed by atoms with van der Waals surface area (Å²) >= 11 is 2.88. The molecule has 7 heteroatoms. The Balaban J connectivity index is 0.00000196. The SMILES string of the molecule is Fc1ccc(/C=C/[B-](F)(F)F)cc1Br.[K+]. The summed E-state index contributed by atoms with van der Waals surface area (Å²) in [5, 5.41) is 0. The van der Waals surface area contributed by atoms with E-state index in [9.17, 15) is 17.3 Å². The van der Waals surface area contributed by atoms with Crippen LogP contribution in [-0.2, 0) is 0 Å². The van der Waals surface area contributed by atoms with Crippen LogP contribution in [0.5, 0.6) is 0 Å². The van der Waals surface area contributed by atoms with Gasteiger partial charge in [0.2, 0.25) is 0 Å². The molecule has 0 aliphatic rings. The van der Waals surface area contributed by atoms with Gasteiger partial charge in [0.1, 0.15) is 5.82 Å². The maximum Gasteiger partial charge on any atom is 1.00 e. The molecule has 1 rings (SSSR count). The van der Waals surface area contributed by atoms with E-state index >= 15 is 0 Å². The average molecular weight is 307 g/mol. The summed E-state index contributed by atoms with van der Waals surface area (Å²) in [6, 6.07) is 3.67. The predicted molar refractivity (Wildman–Crippen MR) is 52.2 cm³/mol. The molecule has 1 aromatic carbocycles. The molecule has 15 heavy (non-hydrogen) atoms. The molecule has 0 heterocycles. The fraction of sp³-hybridized carbons (Fsp3) is 0. The fourth-order valence-corrected chi connectivity index (χ4v) is 1.23. The Morgan fingerprint density at radius 3 is 2.27 bits per heavy atom. The van der Waals surface area contributed by atoms with Gasteiger partial charge in [0.05, 0.1) is 4.47 Å². The monoisotopic (exact) mass is 306 g/mol. The van der Waals surface area contributed by atoms with E-state index in [4.69, 9.17) is 0 Å². The van der Waals surface area contributed by atoms with Gasteiger partial charge in [-0.25, -0.2) is 4.39 Å². The fourth-order valence-electron chi connectivity index (χ4n) is 0.836. The Hall–Kier alpha value is 0.861. The third-order valence-electron chi connectivity index (χ3n) is 1.45. The third kappa shape index (κ3) is 6.23. The molecule has 0 radical (unpaired) electrons. The van der Waals surface area contributed by atoms with E-state index in [-0.39, 0.29) is 61.8 Å². The van der Waals surface area contributed by atoms with Crippen molar-refractivity contribution < 1.29 is 68.7 Å². The molecule has 0 saturated heterocycles. The first-order valence-corrected chi connectivity index (χ1v) is 4.52. The van der Waals surface area contributed by atoms with E-state index in [1.165, 1.54) is 12.1 Å². The smallest absolute Gasteiger partial charge is 0.445 e. The van der Waals surface area contributed by atoms with Crippen LogP contribution in [-0.4, -0.2) is 6.98 Å². The predicted octanol–water partition coefficient (Wildman–Crippen LogP) is 0.992. The standard InChI is InChI=1S/C8H5BBrF4.K/c10-7-5-6(1-2-8(7)11)3-4-9(12,13)14;/h1-5H;/q-1;+1/b4-3+;. The average Bonchev–Trinajstić information content (AvgIpc) is 2.06. The summed E-state index contributed by atoms with van der Waals surface area (Å²) in [7, 11) is 0. The summed E-state index contributed by atoms with van der Waals surface area (Å²) in [5.74, 6) is -0.334. The summed E-state index contributed by atoms with van der Waals surface area (Å²) in [6.07, 6.45) is 0.907. The van der Waals surface area contributed by atoms with Crippen molar-refractivity contribution in [1.82, 2.24) is 0 Å². The summed E-state index contributed by atoms with van der Waals surface area (Å²) in [5.41, 5.74) is 0.303. The molecule has 0 saturated carbocycles. The molecular formula is C8H5BBrF4K. The Morgan fingerprint density at radius 1 is 1.20 bits per heavy atom. The van der Waals surface area contributed by atoms with Crippen molar-refractivity contribution in [1.29, 1.82) is 0 Å². The second kappa shape index (κ2) is 6.56. The molecule has 0 nitrogen and oxygen atoms in total. The molecule has 0 aliphatic heterocycles. The van der Waals surface area contributed by atoms with Gasteiger partial charge in [-0.3, -0.25) is 0 Å². The van der Waals surface area contributed by atoms with Crippen LogP contribution in [0.15, 0.2) is 28.6 Å².